The zero-order valence-electron chi connectivity index (χ0n) is 14.8. The molecule has 0 atom stereocenters. The quantitative estimate of drug-likeness (QED) is 0.629. The van der Waals surface area contributed by atoms with Crippen molar-refractivity contribution in [2.45, 2.75) is 6.42 Å². The minimum absolute atomic E-state index is 0.368. The van der Waals surface area contributed by atoms with Gasteiger partial charge in [0.25, 0.3) is 11.8 Å². The predicted molar refractivity (Wildman–Crippen MR) is 108 cm³/mol. The van der Waals surface area contributed by atoms with E-state index < -0.39 is 5.82 Å². The van der Waals surface area contributed by atoms with Crippen LogP contribution in [0.4, 0.5) is 15.8 Å². The summed E-state index contributed by atoms with van der Waals surface area (Å²) in [5.41, 5.74) is 3.27. The Labute approximate surface area is 165 Å². The van der Waals surface area contributed by atoms with E-state index in [0.29, 0.717) is 23.5 Å². The summed E-state index contributed by atoms with van der Waals surface area (Å²) in [5.74, 6) is -1.17. The Bertz CT molecular complexity index is 1120. The number of amides is 2. The molecule has 0 saturated heterocycles. The second-order valence-electron chi connectivity index (χ2n) is 6.65. The summed E-state index contributed by atoms with van der Waals surface area (Å²) in [5, 5.41) is 1.89. The van der Waals surface area contributed by atoms with Crippen LogP contribution in [-0.2, 0) is 16.0 Å². The molecular weight excluding hydrogens is 375 g/mol. The molecule has 2 amide bonds. The summed E-state index contributed by atoms with van der Waals surface area (Å²) in [4.78, 5) is 30.6. The first-order chi connectivity index (χ1) is 13.6. The molecule has 138 valence electrons. The average molecular weight is 390 g/mol. The molecule has 3 heterocycles. The van der Waals surface area contributed by atoms with Gasteiger partial charge < -0.3 is 4.90 Å². The van der Waals surface area contributed by atoms with Gasteiger partial charge in [0, 0.05) is 17.1 Å². The molecule has 4 nitrogen and oxygen atoms in total. The first kappa shape index (κ1) is 16.9. The van der Waals surface area contributed by atoms with E-state index in [2.05, 4.69) is 0 Å². The van der Waals surface area contributed by atoms with E-state index >= 15 is 0 Å². The van der Waals surface area contributed by atoms with Crippen LogP contribution in [0.15, 0.2) is 71.7 Å². The molecule has 0 fully saturated rings. The maximum absolute atomic E-state index is 13.4. The van der Waals surface area contributed by atoms with Crippen LogP contribution in [0.3, 0.4) is 0 Å². The van der Waals surface area contributed by atoms with Gasteiger partial charge in [0.1, 0.15) is 11.5 Å². The van der Waals surface area contributed by atoms with Crippen molar-refractivity contribution in [1.29, 1.82) is 0 Å². The van der Waals surface area contributed by atoms with Gasteiger partial charge >= 0.3 is 0 Å². The molecule has 0 spiro atoms. The molecule has 6 heteroatoms. The van der Waals surface area contributed by atoms with Crippen LogP contribution in [0.2, 0.25) is 0 Å². The second kappa shape index (κ2) is 6.42. The summed E-state index contributed by atoms with van der Waals surface area (Å²) < 4.78 is 13.4. The lowest BCUT2D eigenvalue weighted by Crippen LogP contribution is -2.34. The largest absolute Gasteiger partial charge is 0.336 e. The average Bonchev–Trinajstić information content (AvgIpc) is 3.41. The normalized spacial score (nSPS) is 16.3. The molecule has 1 aromatic heterocycles. The molecule has 3 aromatic rings. The number of hydrogen-bond donors (Lipinski definition) is 0. The highest BCUT2D eigenvalue weighted by atomic mass is 32.1. The van der Waals surface area contributed by atoms with Crippen molar-refractivity contribution in [3.8, 4) is 0 Å². The molecule has 2 aliphatic rings. The summed E-state index contributed by atoms with van der Waals surface area (Å²) >= 11 is 1.43. The standard InChI is InChI=1S/C22H15FN2O2S/c23-15-7-9-16(10-8-15)25-21(26)19(18-6-3-13-28-18)20(22(25)27)24-12-11-14-4-1-2-5-17(14)24/h1-10,13H,11-12H2. The first-order valence-electron chi connectivity index (χ1n) is 8.93. The van der Waals surface area contributed by atoms with E-state index in [9.17, 15) is 14.0 Å². The number of carbonyl (C=O) groups excluding carboxylic acids is 2. The summed E-state index contributed by atoms with van der Waals surface area (Å²) in [6.45, 7) is 0.639. The van der Waals surface area contributed by atoms with Crippen molar-refractivity contribution in [3.05, 3.63) is 88.0 Å². The lowest BCUT2D eigenvalue weighted by Gasteiger charge is -2.21. The molecule has 28 heavy (non-hydrogen) atoms. The van der Waals surface area contributed by atoms with Crippen LogP contribution < -0.4 is 9.80 Å². The van der Waals surface area contributed by atoms with Crippen LogP contribution >= 0.6 is 11.3 Å². The molecule has 0 unspecified atom stereocenters. The van der Waals surface area contributed by atoms with Crippen LogP contribution in [0.25, 0.3) is 5.57 Å². The third-order valence-corrected chi connectivity index (χ3v) is 5.96. The number of nitrogens with zero attached hydrogens (tertiary/aromatic N) is 2. The van der Waals surface area contributed by atoms with Crippen molar-refractivity contribution in [2.75, 3.05) is 16.3 Å². The Morgan fingerprint density at radius 1 is 0.893 bits per heavy atom. The fourth-order valence-corrected chi connectivity index (χ4v) is 4.57. The van der Waals surface area contributed by atoms with Gasteiger partial charge in [-0.3, -0.25) is 9.59 Å². The van der Waals surface area contributed by atoms with Gasteiger partial charge in [-0.25, -0.2) is 9.29 Å². The molecular formula is C22H15FN2O2S. The minimum atomic E-state index is -0.414. The van der Waals surface area contributed by atoms with Crippen LogP contribution in [0.1, 0.15) is 10.4 Å². The number of halogens is 1. The number of rotatable bonds is 3. The van der Waals surface area contributed by atoms with Gasteiger partial charge in [0.05, 0.1) is 11.3 Å². The molecule has 0 bridgehead atoms. The zero-order chi connectivity index (χ0) is 19.3. The minimum Gasteiger partial charge on any atom is -0.336 e. The number of para-hydroxylation sites is 1. The smallest absolute Gasteiger partial charge is 0.282 e. The van der Waals surface area contributed by atoms with Crippen molar-refractivity contribution < 1.29 is 14.0 Å². The highest BCUT2D eigenvalue weighted by molar-refractivity contribution is 7.11. The molecule has 0 radical (unpaired) electrons. The number of anilines is 2. The number of imide groups is 1. The van der Waals surface area contributed by atoms with Crippen molar-refractivity contribution >= 4 is 40.1 Å². The number of thiophene rings is 1. The monoisotopic (exact) mass is 390 g/mol. The Morgan fingerprint density at radius 3 is 2.43 bits per heavy atom. The maximum Gasteiger partial charge on any atom is 0.282 e. The number of hydrogen-bond acceptors (Lipinski definition) is 4. The van der Waals surface area contributed by atoms with E-state index in [1.54, 1.807) is 0 Å². The SMILES string of the molecule is O=C1C(c2cccs2)=C(N2CCc3ccccc32)C(=O)N1c1ccc(F)cc1. The van der Waals surface area contributed by atoms with Crippen LogP contribution in [0, 0.1) is 5.82 Å². The summed E-state index contributed by atoms with van der Waals surface area (Å²) in [7, 11) is 0. The van der Waals surface area contributed by atoms with E-state index in [1.807, 2.05) is 46.7 Å². The molecule has 0 N–H and O–H groups in total. The van der Waals surface area contributed by atoms with Gasteiger partial charge in [-0.05, 0) is 53.8 Å². The van der Waals surface area contributed by atoms with Gasteiger partial charge in [0.2, 0.25) is 0 Å². The number of carbonyl (C=O) groups is 2. The summed E-state index contributed by atoms with van der Waals surface area (Å²) in [6.07, 6.45) is 0.815. The zero-order valence-corrected chi connectivity index (χ0v) is 15.6. The van der Waals surface area contributed by atoms with E-state index in [-0.39, 0.29) is 11.8 Å². The van der Waals surface area contributed by atoms with E-state index in [4.69, 9.17) is 0 Å². The van der Waals surface area contributed by atoms with Gasteiger partial charge in [-0.15, -0.1) is 11.3 Å². The number of benzene rings is 2. The molecule has 2 aromatic carbocycles. The Kier molecular flexibility index (Phi) is 3.87. The van der Waals surface area contributed by atoms with Gasteiger partial charge in [-0.1, -0.05) is 24.3 Å². The lowest BCUT2D eigenvalue weighted by atomic mass is 10.1. The van der Waals surface area contributed by atoms with Crippen molar-refractivity contribution in [1.82, 2.24) is 0 Å². The summed E-state index contributed by atoms with van der Waals surface area (Å²) in [6, 6.07) is 17.1. The molecule has 0 aliphatic carbocycles. The highest BCUT2D eigenvalue weighted by Gasteiger charge is 2.44. The van der Waals surface area contributed by atoms with Crippen LogP contribution in [0.5, 0.6) is 0 Å². The van der Waals surface area contributed by atoms with Gasteiger partial charge in [-0.2, -0.15) is 0 Å². The predicted octanol–water partition coefficient (Wildman–Crippen LogP) is 4.23. The number of fused-ring (bicyclic) bond motifs is 1. The maximum atomic E-state index is 13.4. The Balaban J connectivity index is 1.67. The highest BCUT2D eigenvalue weighted by Crippen LogP contribution is 2.40. The van der Waals surface area contributed by atoms with E-state index in [1.165, 1.54) is 35.6 Å². The van der Waals surface area contributed by atoms with Crippen molar-refractivity contribution in [2.24, 2.45) is 0 Å². The van der Waals surface area contributed by atoms with Gasteiger partial charge in [0.15, 0.2) is 0 Å². The molecule has 0 saturated carbocycles. The Hall–Kier alpha value is -3.25. The van der Waals surface area contributed by atoms with E-state index in [0.717, 1.165) is 27.4 Å². The molecule has 5 rings (SSSR count). The molecule has 2 aliphatic heterocycles. The topological polar surface area (TPSA) is 40.6 Å². The van der Waals surface area contributed by atoms with Crippen LogP contribution in [-0.4, -0.2) is 18.4 Å². The Morgan fingerprint density at radius 2 is 1.68 bits per heavy atom. The third-order valence-electron chi connectivity index (χ3n) is 5.07. The fraction of sp³-hybridized carbons (Fsp3) is 0.0909. The first-order valence-corrected chi connectivity index (χ1v) is 9.81. The lowest BCUT2D eigenvalue weighted by molar-refractivity contribution is -0.120. The fourth-order valence-electron chi connectivity index (χ4n) is 3.81. The second-order valence-corrected chi connectivity index (χ2v) is 7.60. The van der Waals surface area contributed by atoms with Crippen molar-refractivity contribution in [3.63, 3.8) is 0 Å². The third kappa shape index (κ3) is 2.49.